The molecule has 0 aromatic heterocycles. The first-order valence-corrected chi connectivity index (χ1v) is 7.58. The third-order valence-electron chi connectivity index (χ3n) is 3.86. The van der Waals surface area contributed by atoms with Crippen molar-refractivity contribution in [3.8, 4) is 5.75 Å². The maximum atomic E-state index is 12.2. The van der Waals surface area contributed by atoms with E-state index in [4.69, 9.17) is 10.5 Å². The van der Waals surface area contributed by atoms with Gasteiger partial charge in [0.2, 0.25) is 11.8 Å². The Bertz CT molecular complexity index is 522. The van der Waals surface area contributed by atoms with Crippen LogP contribution in [0.1, 0.15) is 29.6 Å². The van der Waals surface area contributed by atoms with Crippen LogP contribution in [0.2, 0.25) is 0 Å². The van der Waals surface area contributed by atoms with Crippen LogP contribution in [0.5, 0.6) is 5.75 Å². The van der Waals surface area contributed by atoms with E-state index in [0.717, 1.165) is 25.9 Å². The average Bonchev–Trinajstić information content (AvgIpc) is 2.96. The molecule has 0 aliphatic carbocycles. The molecule has 2 rings (SSSR count). The molecule has 2 amide bonds. The predicted molar refractivity (Wildman–Crippen MR) is 91.0 cm³/mol. The molecule has 6 nitrogen and oxygen atoms in total. The summed E-state index contributed by atoms with van der Waals surface area (Å²) in [6, 6.07) is 6.90. The maximum Gasteiger partial charge on any atom is 0.248 e. The van der Waals surface area contributed by atoms with Crippen LogP contribution in [0.25, 0.3) is 0 Å². The van der Waals surface area contributed by atoms with Crippen LogP contribution >= 0.6 is 12.4 Å². The molecule has 1 unspecified atom stereocenters. The summed E-state index contributed by atoms with van der Waals surface area (Å²) in [4.78, 5) is 25.1. The van der Waals surface area contributed by atoms with Gasteiger partial charge in [0.1, 0.15) is 5.75 Å². The van der Waals surface area contributed by atoms with E-state index in [-0.39, 0.29) is 18.3 Å². The molecule has 1 saturated heterocycles. The van der Waals surface area contributed by atoms with Gasteiger partial charge in [0.15, 0.2) is 0 Å². The molecule has 1 aliphatic heterocycles. The number of carbonyl (C=O) groups excluding carboxylic acids is 2. The van der Waals surface area contributed by atoms with Crippen LogP contribution in [0.3, 0.4) is 0 Å². The number of amides is 2. The van der Waals surface area contributed by atoms with E-state index >= 15 is 0 Å². The summed E-state index contributed by atoms with van der Waals surface area (Å²) in [5.74, 6) is 0.295. The second kappa shape index (κ2) is 9.37. The summed E-state index contributed by atoms with van der Waals surface area (Å²) in [7, 11) is 1.90. The van der Waals surface area contributed by atoms with Crippen molar-refractivity contribution in [1.29, 1.82) is 0 Å². The van der Waals surface area contributed by atoms with Crippen LogP contribution < -0.4 is 15.8 Å². The van der Waals surface area contributed by atoms with Crippen LogP contribution in [-0.2, 0) is 4.79 Å². The highest BCUT2D eigenvalue weighted by Crippen LogP contribution is 2.18. The van der Waals surface area contributed by atoms with E-state index in [9.17, 15) is 9.59 Å². The molecule has 1 aromatic carbocycles. The van der Waals surface area contributed by atoms with Crippen molar-refractivity contribution in [3.05, 3.63) is 29.8 Å². The fourth-order valence-corrected chi connectivity index (χ4v) is 2.73. The Morgan fingerprint density at radius 3 is 2.65 bits per heavy atom. The number of likely N-dealkylation sites (tertiary alicyclic amines) is 1. The lowest BCUT2D eigenvalue weighted by Gasteiger charge is -2.24. The molecule has 23 heavy (non-hydrogen) atoms. The van der Waals surface area contributed by atoms with Crippen LogP contribution in [0, 0.1) is 0 Å². The second-order valence-corrected chi connectivity index (χ2v) is 5.43. The summed E-state index contributed by atoms with van der Waals surface area (Å²) < 4.78 is 5.55. The first-order chi connectivity index (χ1) is 10.6. The number of halogens is 1. The zero-order chi connectivity index (χ0) is 15.9. The Morgan fingerprint density at radius 2 is 2.04 bits per heavy atom. The van der Waals surface area contributed by atoms with Crippen LogP contribution in [-0.4, -0.2) is 49.5 Å². The number of nitrogens with two attached hydrogens (primary N) is 1. The van der Waals surface area contributed by atoms with Crippen molar-refractivity contribution in [2.75, 3.05) is 26.7 Å². The SMILES string of the molecule is CNCC1CCCN1C(=O)CCOc1ccc(C(N)=O)cc1.Cl. The topological polar surface area (TPSA) is 84.7 Å². The van der Waals surface area contributed by atoms with E-state index in [0.29, 0.717) is 30.4 Å². The molecule has 3 N–H and O–H groups in total. The lowest BCUT2D eigenvalue weighted by molar-refractivity contribution is -0.132. The average molecular weight is 342 g/mol. The number of ether oxygens (including phenoxy) is 1. The Kier molecular flexibility index (Phi) is 7.85. The maximum absolute atomic E-state index is 12.2. The van der Waals surface area contributed by atoms with Crippen molar-refractivity contribution >= 4 is 24.2 Å². The molecule has 0 bridgehead atoms. The van der Waals surface area contributed by atoms with Crippen molar-refractivity contribution in [2.24, 2.45) is 5.73 Å². The molecule has 128 valence electrons. The molecule has 7 heteroatoms. The number of primary amides is 1. The highest BCUT2D eigenvalue weighted by atomic mass is 35.5. The third kappa shape index (κ3) is 5.41. The highest BCUT2D eigenvalue weighted by molar-refractivity contribution is 5.92. The largest absolute Gasteiger partial charge is 0.493 e. The minimum absolute atomic E-state index is 0. The van der Waals surface area contributed by atoms with Gasteiger partial charge in [-0.1, -0.05) is 0 Å². The number of benzene rings is 1. The summed E-state index contributed by atoms with van der Waals surface area (Å²) in [6.07, 6.45) is 2.48. The molecular weight excluding hydrogens is 318 g/mol. The molecule has 0 saturated carbocycles. The number of rotatable bonds is 7. The number of hydrogen-bond acceptors (Lipinski definition) is 4. The third-order valence-corrected chi connectivity index (χ3v) is 3.86. The van der Waals surface area contributed by atoms with Gasteiger partial charge in [-0.05, 0) is 44.2 Å². The lowest BCUT2D eigenvalue weighted by atomic mass is 10.2. The van der Waals surface area contributed by atoms with Gasteiger partial charge in [-0.15, -0.1) is 12.4 Å². The minimum atomic E-state index is -0.466. The molecule has 1 heterocycles. The molecule has 0 spiro atoms. The molecular formula is C16H24ClN3O3. The first-order valence-electron chi connectivity index (χ1n) is 7.58. The summed E-state index contributed by atoms with van der Waals surface area (Å²) >= 11 is 0. The standard InChI is InChI=1S/C16H23N3O3.ClH/c1-18-11-13-3-2-9-19(13)15(20)8-10-22-14-6-4-12(5-7-14)16(17)21;/h4-7,13,18H,2-3,8-11H2,1H3,(H2,17,21);1H. The monoisotopic (exact) mass is 341 g/mol. The lowest BCUT2D eigenvalue weighted by Crippen LogP contribution is -2.41. The van der Waals surface area contributed by atoms with Crippen molar-refractivity contribution in [1.82, 2.24) is 10.2 Å². The fourth-order valence-electron chi connectivity index (χ4n) is 2.73. The second-order valence-electron chi connectivity index (χ2n) is 5.43. The van der Waals surface area contributed by atoms with Gasteiger partial charge in [-0.25, -0.2) is 0 Å². The normalized spacial score (nSPS) is 16.7. The Hall–Kier alpha value is -1.79. The van der Waals surface area contributed by atoms with Crippen LogP contribution in [0.4, 0.5) is 0 Å². The van der Waals surface area contributed by atoms with Crippen molar-refractivity contribution in [2.45, 2.75) is 25.3 Å². The van der Waals surface area contributed by atoms with Gasteiger partial charge in [0, 0.05) is 24.7 Å². The van der Waals surface area contributed by atoms with Crippen LogP contribution in [0.15, 0.2) is 24.3 Å². The molecule has 1 atom stereocenters. The Labute approximate surface area is 142 Å². The number of carbonyl (C=O) groups is 2. The fraction of sp³-hybridized carbons (Fsp3) is 0.500. The highest BCUT2D eigenvalue weighted by Gasteiger charge is 2.27. The predicted octanol–water partition coefficient (Wildman–Crippen LogP) is 1.19. The molecule has 1 aromatic rings. The zero-order valence-corrected chi connectivity index (χ0v) is 14.1. The molecule has 0 radical (unpaired) electrons. The minimum Gasteiger partial charge on any atom is -0.493 e. The van der Waals surface area contributed by atoms with Gasteiger partial charge in [-0.3, -0.25) is 9.59 Å². The van der Waals surface area contributed by atoms with E-state index < -0.39 is 5.91 Å². The van der Waals surface area contributed by atoms with Crippen molar-refractivity contribution < 1.29 is 14.3 Å². The molecule has 1 fully saturated rings. The number of likely N-dealkylation sites (N-methyl/N-ethyl adjacent to an activating group) is 1. The molecule has 1 aliphatic rings. The summed E-state index contributed by atoms with van der Waals surface area (Å²) in [6.45, 7) is 2.00. The Balaban J connectivity index is 0.00000264. The number of nitrogens with one attached hydrogen (secondary N) is 1. The van der Waals surface area contributed by atoms with Gasteiger partial charge in [0.25, 0.3) is 0 Å². The van der Waals surface area contributed by atoms with E-state index in [1.54, 1.807) is 24.3 Å². The quantitative estimate of drug-likeness (QED) is 0.780. The van der Waals surface area contributed by atoms with Gasteiger partial charge >= 0.3 is 0 Å². The van der Waals surface area contributed by atoms with E-state index in [1.165, 1.54) is 0 Å². The summed E-state index contributed by atoms with van der Waals surface area (Å²) in [5.41, 5.74) is 5.62. The Morgan fingerprint density at radius 1 is 1.35 bits per heavy atom. The summed E-state index contributed by atoms with van der Waals surface area (Å²) in [5, 5.41) is 3.13. The van der Waals surface area contributed by atoms with Crippen molar-refractivity contribution in [3.63, 3.8) is 0 Å². The van der Waals surface area contributed by atoms with Gasteiger partial charge < -0.3 is 20.7 Å². The van der Waals surface area contributed by atoms with E-state index in [2.05, 4.69) is 5.32 Å². The zero-order valence-electron chi connectivity index (χ0n) is 13.3. The smallest absolute Gasteiger partial charge is 0.248 e. The van der Waals surface area contributed by atoms with Gasteiger partial charge in [-0.2, -0.15) is 0 Å². The van der Waals surface area contributed by atoms with E-state index in [1.807, 2.05) is 11.9 Å². The number of nitrogens with zero attached hydrogens (tertiary/aromatic N) is 1. The van der Waals surface area contributed by atoms with Gasteiger partial charge in [0.05, 0.1) is 13.0 Å². The first kappa shape index (κ1) is 19.3. The number of hydrogen-bond donors (Lipinski definition) is 2.